The fraction of sp³-hybridized carbons (Fsp3) is 0.364. The Balaban J connectivity index is 1.52. The predicted octanol–water partition coefficient (Wildman–Crippen LogP) is 3.80. The van der Waals surface area contributed by atoms with Gasteiger partial charge < -0.3 is 4.57 Å². The maximum atomic E-state index is 13.3. The molecule has 140 valence electrons. The largest absolute Gasteiger partial charge is 0.346 e. The van der Waals surface area contributed by atoms with Gasteiger partial charge in [0, 0.05) is 30.2 Å². The van der Waals surface area contributed by atoms with Crippen LogP contribution < -0.4 is 0 Å². The molecule has 1 aliphatic carbocycles. The minimum atomic E-state index is -3.47. The zero-order valence-electron chi connectivity index (χ0n) is 15.6. The van der Waals surface area contributed by atoms with Crippen molar-refractivity contribution in [2.75, 3.05) is 6.54 Å². The maximum Gasteiger partial charge on any atom is 0.243 e. The summed E-state index contributed by atoms with van der Waals surface area (Å²) < 4.78 is 30.5. The zero-order chi connectivity index (χ0) is 18.6. The van der Waals surface area contributed by atoms with Crippen LogP contribution in [0.2, 0.25) is 0 Å². The van der Waals surface area contributed by atoms with Crippen molar-refractivity contribution < 1.29 is 8.42 Å². The third-order valence-corrected chi connectivity index (χ3v) is 8.08. The molecule has 2 aliphatic rings. The summed E-state index contributed by atoms with van der Waals surface area (Å²) in [4.78, 5) is 0.449. The molecule has 0 fully saturated rings. The number of aromatic nitrogens is 1. The first-order chi connectivity index (χ1) is 13.1. The first-order valence-electron chi connectivity index (χ1n) is 9.73. The van der Waals surface area contributed by atoms with Gasteiger partial charge in [0.25, 0.3) is 0 Å². The molecular formula is C22H24N2O2S. The molecule has 0 atom stereocenters. The molecule has 0 amide bonds. The van der Waals surface area contributed by atoms with E-state index in [0.29, 0.717) is 18.0 Å². The Kier molecular flexibility index (Phi) is 3.92. The summed E-state index contributed by atoms with van der Waals surface area (Å²) in [6.45, 7) is 0.986. The summed E-state index contributed by atoms with van der Waals surface area (Å²) >= 11 is 0. The van der Waals surface area contributed by atoms with Crippen molar-refractivity contribution in [3.63, 3.8) is 0 Å². The van der Waals surface area contributed by atoms with Crippen LogP contribution in [0.4, 0.5) is 0 Å². The molecule has 27 heavy (non-hydrogen) atoms. The van der Waals surface area contributed by atoms with Crippen LogP contribution in [0.3, 0.4) is 0 Å². The fourth-order valence-electron chi connectivity index (χ4n) is 4.71. The van der Waals surface area contributed by atoms with Crippen molar-refractivity contribution in [3.8, 4) is 0 Å². The van der Waals surface area contributed by atoms with Crippen molar-refractivity contribution in [1.82, 2.24) is 8.87 Å². The van der Waals surface area contributed by atoms with Gasteiger partial charge in [-0.3, -0.25) is 0 Å². The second-order valence-corrected chi connectivity index (χ2v) is 9.67. The number of rotatable bonds is 2. The smallest absolute Gasteiger partial charge is 0.243 e. The first-order valence-corrected chi connectivity index (χ1v) is 11.2. The van der Waals surface area contributed by atoms with E-state index >= 15 is 0 Å². The van der Waals surface area contributed by atoms with Gasteiger partial charge in [-0.15, -0.1) is 0 Å². The van der Waals surface area contributed by atoms with E-state index in [1.54, 1.807) is 10.4 Å². The van der Waals surface area contributed by atoms with Crippen LogP contribution in [0.5, 0.6) is 0 Å². The lowest BCUT2D eigenvalue weighted by atomic mass is 9.92. The Morgan fingerprint density at radius 1 is 0.926 bits per heavy atom. The van der Waals surface area contributed by atoms with Crippen molar-refractivity contribution >= 4 is 20.9 Å². The number of para-hydroxylation sites is 1. The molecule has 3 aromatic rings. The maximum absolute atomic E-state index is 13.3. The highest BCUT2D eigenvalue weighted by Gasteiger charge is 2.31. The summed E-state index contributed by atoms with van der Waals surface area (Å²) in [6.07, 6.45) is 5.18. The lowest BCUT2D eigenvalue weighted by molar-refractivity contribution is 0.382. The number of nitrogens with zero attached hydrogens (tertiary/aromatic N) is 2. The first kappa shape index (κ1) is 17.0. The zero-order valence-corrected chi connectivity index (χ0v) is 16.4. The van der Waals surface area contributed by atoms with Gasteiger partial charge in [0.1, 0.15) is 0 Å². The molecule has 1 aliphatic heterocycles. The summed E-state index contributed by atoms with van der Waals surface area (Å²) in [5.41, 5.74) is 6.11. The van der Waals surface area contributed by atoms with Crippen LogP contribution in [0, 0.1) is 0 Å². The Labute approximate surface area is 160 Å². The van der Waals surface area contributed by atoms with E-state index in [0.717, 1.165) is 31.4 Å². The molecule has 2 heterocycles. The molecular weight excluding hydrogens is 356 g/mol. The van der Waals surface area contributed by atoms with Gasteiger partial charge in [0.15, 0.2) is 0 Å². The average Bonchev–Trinajstić information content (AvgIpc) is 3.00. The lowest BCUT2D eigenvalue weighted by Crippen LogP contribution is -2.36. The highest BCUT2D eigenvalue weighted by molar-refractivity contribution is 7.89. The molecule has 0 spiro atoms. The van der Waals surface area contributed by atoms with Crippen molar-refractivity contribution in [2.24, 2.45) is 7.05 Å². The number of fused-ring (bicyclic) bond motifs is 4. The summed E-state index contributed by atoms with van der Waals surface area (Å²) in [5, 5.41) is 1.25. The van der Waals surface area contributed by atoms with E-state index in [9.17, 15) is 8.42 Å². The summed E-state index contributed by atoms with van der Waals surface area (Å²) in [7, 11) is -1.43. The molecule has 5 rings (SSSR count). The average molecular weight is 381 g/mol. The van der Waals surface area contributed by atoms with Crippen molar-refractivity contribution in [2.45, 2.75) is 43.5 Å². The van der Waals surface area contributed by atoms with Crippen LogP contribution in [-0.4, -0.2) is 23.8 Å². The summed E-state index contributed by atoms with van der Waals surface area (Å²) in [6, 6.07) is 14.1. The Bertz CT molecular complexity index is 1140. The number of benzene rings is 2. The molecule has 0 unspecified atom stereocenters. The van der Waals surface area contributed by atoms with Gasteiger partial charge in [-0.25, -0.2) is 8.42 Å². The third kappa shape index (κ3) is 2.64. The second-order valence-electron chi connectivity index (χ2n) is 7.73. The van der Waals surface area contributed by atoms with Gasteiger partial charge in [-0.2, -0.15) is 4.31 Å². The molecule has 1 aromatic heterocycles. The van der Waals surface area contributed by atoms with Crippen LogP contribution in [0.15, 0.2) is 47.4 Å². The minimum absolute atomic E-state index is 0.444. The number of sulfonamides is 1. The molecule has 0 saturated carbocycles. The molecule has 0 saturated heterocycles. The number of hydrogen-bond donors (Lipinski definition) is 0. The third-order valence-electron chi connectivity index (χ3n) is 6.24. The standard InChI is InChI=1S/C22H24N2O2S/c1-23-21-9-5-4-8-19(21)20-12-13-24(15-22(20)23)27(25,26)18-11-10-16-6-2-3-7-17(16)14-18/h4-5,8-11,14H,2-3,6-7,12-13,15H2,1H3. The molecule has 4 nitrogen and oxygen atoms in total. The highest BCUT2D eigenvalue weighted by Crippen LogP contribution is 2.33. The van der Waals surface area contributed by atoms with E-state index in [1.807, 2.05) is 25.2 Å². The molecule has 0 N–H and O–H groups in total. The number of hydrogen-bond acceptors (Lipinski definition) is 2. The van der Waals surface area contributed by atoms with Gasteiger partial charge in [0.05, 0.1) is 11.4 Å². The molecule has 0 radical (unpaired) electrons. The van der Waals surface area contributed by atoms with Gasteiger partial charge in [-0.05, 0) is 67.0 Å². The lowest BCUT2D eigenvalue weighted by Gasteiger charge is -2.28. The van der Waals surface area contributed by atoms with E-state index in [1.165, 1.54) is 34.0 Å². The van der Waals surface area contributed by atoms with Crippen LogP contribution in [0.1, 0.15) is 35.2 Å². The molecule has 5 heteroatoms. The topological polar surface area (TPSA) is 42.3 Å². The summed E-state index contributed by atoms with van der Waals surface area (Å²) in [5.74, 6) is 0. The van der Waals surface area contributed by atoms with E-state index in [4.69, 9.17) is 0 Å². The van der Waals surface area contributed by atoms with Gasteiger partial charge in [-0.1, -0.05) is 24.3 Å². The van der Waals surface area contributed by atoms with Gasteiger partial charge >= 0.3 is 0 Å². The van der Waals surface area contributed by atoms with Gasteiger partial charge in [0.2, 0.25) is 10.0 Å². The monoisotopic (exact) mass is 380 g/mol. The highest BCUT2D eigenvalue weighted by atomic mass is 32.2. The second kappa shape index (κ2) is 6.21. The SMILES string of the molecule is Cn1c2c(c3ccccc31)CCN(S(=O)(=O)c1ccc3c(c1)CCCC3)C2. The van der Waals surface area contributed by atoms with E-state index in [2.05, 4.69) is 22.8 Å². The minimum Gasteiger partial charge on any atom is -0.346 e. The number of aryl methyl sites for hydroxylation is 3. The van der Waals surface area contributed by atoms with Crippen molar-refractivity contribution in [1.29, 1.82) is 0 Å². The van der Waals surface area contributed by atoms with E-state index in [-0.39, 0.29) is 0 Å². The van der Waals surface area contributed by atoms with Crippen LogP contribution in [-0.2, 0) is 42.9 Å². The Morgan fingerprint density at radius 2 is 1.70 bits per heavy atom. The Hall–Kier alpha value is -2.11. The fourth-order valence-corrected chi connectivity index (χ4v) is 6.17. The molecule has 0 bridgehead atoms. The van der Waals surface area contributed by atoms with E-state index < -0.39 is 10.0 Å². The normalized spacial score (nSPS) is 17.7. The quantitative estimate of drug-likeness (QED) is 0.679. The van der Waals surface area contributed by atoms with Crippen LogP contribution >= 0.6 is 0 Å². The van der Waals surface area contributed by atoms with Crippen molar-refractivity contribution in [3.05, 3.63) is 64.8 Å². The Morgan fingerprint density at radius 3 is 2.56 bits per heavy atom. The molecule has 2 aromatic carbocycles. The van der Waals surface area contributed by atoms with Crippen LogP contribution in [0.25, 0.3) is 10.9 Å². The predicted molar refractivity (Wildman–Crippen MR) is 107 cm³/mol.